The smallest absolute Gasteiger partial charge is 0.759 e. The minimum atomic E-state index is -5.17. The zero-order chi connectivity index (χ0) is 26.0. The molecule has 2 N–H and O–H groups in total. The van der Waals surface area contributed by atoms with E-state index in [9.17, 15) is 8.42 Å². The fourth-order valence-electron chi connectivity index (χ4n) is 5.05. The number of nitrogens with one attached hydrogen (secondary N) is 1. The fourth-order valence-corrected chi connectivity index (χ4v) is 5.98. The molecule has 10 nitrogen and oxygen atoms in total. The first-order valence-corrected chi connectivity index (χ1v) is 14.6. The summed E-state index contributed by atoms with van der Waals surface area (Å²) in [7, 11) is -9.19. The van der Waals surface area contributed by atoms with Crippen molar-refractivity contribution in [2.75, 3.05) is 25.0 Å². The molecule has 1 aromatic heterocycles. The summed E-state index contributed by atoms with van der Waals surface area (Å²) in [5.41, 5.74) is 2.04. The van der Waals surface area contributed by atoms with E-state index in [1.54, 1.807) is 12.1 Å². The Balaban J connectivity index is 0.000000230. The predicted octanol–water partition coefficient (Wildman–Crippen LogP) is 2.77. The maximum Gasteiger partial charge on any atom is 2.00 e. The Kier molecular flexibility index (Phi) is 11.4. The Bertz CT molecular complexity index is 1210. The van der Waals surface area contributed by atoms with Crippen LogP contribution in [-0.2, 0) is 20.5 Å². The van der Waals surface area contributed by atoms with E-state index in [0.717, 1.165) is 33.5 Å². The summed E-state index contributed by atoms with van der Waals surface area (Å²) in [4.78, 5) is 6.79. The van der Waals surface area contributed by atoms with Gasteiger partial charge in [0.05, 0.1) is 21.3 Å². The predicted molar refractivity (Wildman–Crippen MR) is 138 cm³/mol. The molecule has 0 spiro atoms. The van der Waals surface area contributed by atoms with Crippen LogP contribution in [0.1, 0.15) is 18.4 Å². The van der Waals surface area contributed by atoms with Gasteiger partial charge in [0.2, 0.25) is 0 Å². The van der Waals surface area contributed by atoms with Gasteiger partial charge in [-0.25, -0.2) is 4.98 Å². The molecule has 1 aromatic carbocycles. The van der Waals surface area contributed by atoms with E-state index in [-0.39, 0.29) is 27.9 Å². The Morgan fingerprint density at radius 3 is 2.06 bits per heavy atom. The van der Waals surface area contributed by atoms with E-state index in [2.05, 4.69) is 31.1 Å². The first-order chi connectivity index (χ1) is 16.2. The summed E-state index contributed by atoms with van der Waals surface area (Å²) < 4.78 is 64.5. The number of hydrogen-bond acceptors (Lipinski definition) is 9. The first kappa shape index (κ1) is 31.7. The van der Waals surface area contributed by atoms with Crippen molar-refractivity contribution >= 4 is 76.8 Å². The van der Waals surface area contributed by atoms with Crippen LogP contribution in [0.4, 0.5) is 5.69 Å². The number of aromatic nitrogens is 1. The van der Waals surface area contributed by atoms with Crippen molar-refractivity contribution in [1.82, 2.24) is 9.88 Å². The summed E-state index contributed by atoms with van der Waals surface area (Å²) in [6.45, 7) is 5.72. The molecule has 6 rings (SSSR count). The minimum Gasteiger partial charge on any atom is -0.759 e. The average molecular weight is 635 g/mol. The first-order valence-electron chi connectivity index (χ1n) is 10.7. The Labute approximate surface area is 240 Å². The van der Waals surface area contributed by atoms with Crippen LogP contribution in [0.5, 0.6) is 0 Å². The molecule has 15 heteroatoms. The van der Waals surface area contributed by atoms with Crippen molar-refractivity contribution < 1.29 is 30.5 Å². The van der Waals surface area contributed by atoms with Crippen molar-refractivity contribution in [1.29, 1.82) is 0 Å². The van der Waals surface area contributed by atoms with Crippen LogP contribution in [0, 0.1) is 24.7 Å². The number of rotatable bonds is 3. The van der Waals surface area contributed by atoms with Gasteiger partial charge in [-0.15, -0.1) is 0 Å². The molecule has 194 valence electrons. The SMILES string of the molecule is Cc1ccc(S(=O)(=O)O)cc1.Clc1ncc(NC2C3CC4C[C@H]2CN(C4)C3)cc1Br.O=S(=O)([O-])[O-].[Mg+2]. The number of pyridine rings is 1. The molecule has 4 heterocycles. The Morgan fingerprint density at radius 1 is 1.08 bits per heavy atom. The third kappa shape index (κ3) is 9.64. The number of aryl methyl sites for hydroxylation is 1. The zero-order valence-electron chi connectivity index (χ0n) is 19.4. The molecule has 1 aliphatic carbocycles. The molecule has 3 saturated heterocycles. The maximum atomic E-state index is 10.5. The summed E-state index contributed by atoms with van der Waals surface area (Å²) >= 11 is 9.40. The topological polar surface area (TPSA) is 163 Å². The second-order valence-electron chi connectivity index (χ2n) is 8.94. The van der Waals surface area contributed by atoms with Crippen LogP contribution < -0.4 is 5.32 Å². The third-order valence-corrected chi connectivity index (χ3v) is 8.24. The van der Waals surface area contributed by atoms with Crippen molar-refractivity contribution in [2.24, 2.45) is 17.8 Å². The molecule has 5 atom stereocenters. The van der Waals surface area contributed by atoms with E-state index in [4.69, 9.17) is 33.7 Å². The molecule has 3 aliphatic heterocycles. The van der Waals surface area contributed by atoms with Gasteiger partial charge in [-0.05, 0) is 71.6 Å². The number of nitrogens with zero attached hydrogens (tertiary/aromatic N) is 2. The van der Waals surface area contributed by atoms with E-state index < -0.39 is 20.5 Å². The molecule has 4 bridgehead atoms. The van der Waals surface area contributed by atoms with Crippen molar-refractivity contribution in [2.45, 2.75) is 30.7 Å². The van der Waals surface area contributed by atoms with Crippen LogP contribution in [-0.4, -0.2) is 89.1 Å². The summed E-state index contributed by atoms with van der Waals surface area (Å²) in [6.07, 6.45) is 4.64. The number of halogens is 2. The molecule has 0 amide bonds. The monoisotopic (exact) mass is 633 g/mol. The molecule has 4 unspecified atom stereocenters. The van der Waals surface area contributed by atoms with Crippen LogP contribution in [0.3, 0.4) is 0 Å². The van der Waals surface area contributed by atoms with Crippen LogP contribution in [0.25, 0.3) is 0 Å². The summed E-state index contributed by atoms with van der Waals surface area (Å²) in [6, 6.07) is 8.64. The van der Waals surface area contributed by atoms with E-state index in [0.29, 0.717) is 11.2 Å². The number of anilines is 1. The molecule has 2 aromatic rings. The van der Waals surface area contributed by atoms with Crippen molar-refractivity contribution in [3.8, 4) is 0 Å². The molecule has 1 saturated carbocycles. The van der Waals surface area contributed by atoms with E-state index >= 15 is 0 Å². The average Bonchev–Trinajstić information content (AvgIpc) is 2.72. The summed E-state index contributed by atoms with van der Waals surface area (Å²) in [5, 5.41) is 4.24. The van der Waals surface area contributed by atoms with Gasteiger partial charge in [0.15, 0.2) is 0 Å². The maximum absolute atomic E-state index is 10.5. The quantitative estimate of drug-likeness (QED) is 0.222. The van der Waals surface area contributed by atoms with Crippen LogP contribution in [0.15, 0.2) is 45.9 Å². The summed E-state index contributed by atoms with van der Waals surface area (Å²) in [5.74, 6) is 2.56. The van der Waals surface area contributed by atoms with E-state index in [1.165, 1.54) is 44.6 Å². The second-order valence-corrected chi connectivity index (χ2v) is 12.4. The number of piperidine rings is 3. The second kappa shape index (κ2) is 13.0. The largest absolute Gasteiger partial charge is 2.00 e. The number of benzene rings is 1. The van der Waals surface area contributed by atoms with Gasteiger partial charge < -0.3 is 19.3 Å². The molecular weight excluding hydrogens is 610 g/mol. The fraction of sp³-hybridized carbons (Fsp3) is 0.476. The normalized spacial score (nSPS) is 26.0. The van der Waals surface area contributed by atoms with Gasteiger partial charge in [-0.2, -0.15) is 8.42 Å². The van der Waals surface area contributed by atoms with Crippen LogP contribution in [0.2, 0.25) is 5.15 Å². The minimum absolute atomic E-state index is 0. The van der Waals surface area contributed by atoms with Crippen molar-refractivity contribution in [3.63, 3.8) is 0 Å². The van der Waals surface area contributed by atoms with Crippen molar-refractivity contribution in [3.05, 3.63) is 51.7 Å². The zero-order valence-corrected chi connectivity index (χ0v) is 24.8. The van der Waals surface area contributed by atoms with Gasteiger partial charge in [-0.1, -0.05) is 29.3 Å². The molecule has 4 fully saturated rings. The Hall–Kier alpha value is -0.554. The molecule has 4 aliphatic rings. The third-order valence-electron chi connectivity index (χ3n) is 6.24. The van der Waals surface area contributed by atoms with Gasteiger partial charge >= 0.3 is 23.1 Å². The molecule has 36 heavy (non-hydrogen) atoms. The van der Waals surface area contributed by atoms with Gasteiger partial charge in [0, 0.05) is 36.1 Å². The van der Waals surface area contributed by atoms with Gasteiger partial charge in [0.25, 0.3) is 10.1 Å². The van der Waals surface area contributed by atoms with Gasteiger partial charge in [-0.3, -0.25) is 13.0 Å². The van der Waals surface area contributed by atoms with E-state index in [1.807, 2.05) is 19.2 Å². The Morgan fingerprint density at radius 2 is 1.61 bits per heavy atom. The molecule has 0 radical (unpaired) electrons. The molecular formula is C21H25BrClMgN3O7S2. The van der Waals surface area contributed by atoms with Gasteiger partial charge in [0.1, 0.15) is 5.15 Å². The van der Waals surface area contributed by atoms with Crippen LogP contribution >= 0.6 is 27.5 Å². The number of hydrogen-bond donors (Lipinski definition) is 2. The standard InChI is InChI=1S/C14H17BrClN3.C7H8O3S.Mg.H2O4S/c15-12-3-11(4-17-14(12)16)18-13-9-1-8-2-10(13)7-19(5-8)6-9;1-6-2-4-7(5-3-6)11(8,9)10;;1-5(2,3)4/h3-4,8-10,13,18H,1-2,5-7H2;2-5H,1H3,(H,8,9,10);;(H2,1,2,3,4)/q;;+2;/p-2/t8?,9-,10?,13?;;;/m0.../s1.